The first-order valence-corrected chi connectivity index (χ1v) is 6.54. The molecule has 1 heterocycles. The Balaban J connectivity index is 2.51. The molecule has 0 saturated heterocycles. The summed E-state index contributed by atoms with van der Waals surface area (Å²) >= 11 is 1.57. The van der Waals surface area contributed by atoms with E-state index in [1.54, 1.807) is 30.4 Å². The van der Waals surface area contributed by atoms with Crippen molar-refractivity contribution in [3.05, 3.63) is 21.9 Å². The molecule has 1 aromatic heterocycles. The number of carbonyl (C=O) groups excluding carboxylic acids is 1. The lowest BCUT2D eigenvalue weighted by Crippen LogP contribution is -2.26. The van der Waals surface area contributed by atoms with Gasteiger partial charge in [-0.15, -0.1) is 11.3 Å². The Morgan fingerprint density at radius 3 is 3.06 bits per heavy atom. The zero-order valence-corrected chi connectivity index (χ0v) is 11.5. The number of methoxy groups -OCH3 is 1. The highest BCUT2D eigenvalue weighted by Gasteiger charge is 2.09. The molecule has 5 heteroatoms. The van der Waals surface area contributed by atoms with Crippen molar-refractivity contribution in [1.82, 2.24) is 4.90 Å². The van der Waals surface area contributed by atoms with Crippen LogP contribution in [0.1, 0.15) is 16.9 Å². The molecule has 18 heavy (non-hydrogen) atoms. The molecule has 0 aliphatic rings. The van der Waals surface area contributed by atoms with Gasteiger partial charge in [-0.05, 0) is 17.0 Å². The largest absolute Gasteiger partial charge is 0.384 e. The maximum Gasteiger partial charge on any atom is 0.224 e. The maximum absolute atomic E-state index is 11.7. The molecule has 0 unspecified atom stereocenters. The van der Waals surface area contributed by atoms with Crippen molar-refractivity contribution in [3.63, 3.8) is 0 Å². The highest BCUT2D eigenvalue weighted by atomic mass is 32.1. The Hall–Kier alpha value is -1.35. The van der Waals surface area contributed by atoms with Gasteiger partial charge < -0.3 is 15.4 Å². The van der Waals surface area contributed by atoms with Gasteiger partial charge in [-0.2, -0.15) is 0 Å². The summed E-state index contributed by atoms with van der Waals surface area (Å²) in [6.07, 6.45) is 0.414. The number of hydrogen-bond acceptors (Lipinski definition) is 4. The Bertz CT molecular complexity index is 445. The first kappa shape index (κ1) is 14.7. The monoisotopic (exact) mass is 266 g/mol. The van der Waals surface area contributed by atoms with Crippen LogP contribution in [0.2, 0.25) is 0 Å². The van der Waals surface area contributed by atoms with Crippen LogP contribution in [0, 0.1) is 11.8 Å². The average molecular weight is 266 g/mol. The molecule has 0 bridgehead atoms. The molecule has 1 aromatic rings. The molecule has 0 spiro atoms. The molecule has 98 valence electrons. The quantitative estimate of drug-likeness (QED) is 0.811. The van der Waals surface area contributed by atoms with Crippen LogP contribution >= 0.6 is 11.3 Å². The van der Waals surface area contributed by atoms with Gasteiger partial charge in [0.15, 0.2) is 0 Å². The second kappa shape index (κ2) is 7.88. The van der Waals surface area contributed by atoms with Crippen molar-refractivity contribution >= 4 is 17.2 Å². The summed E-state index contributed by atoms with van der Waals surface area (Å²) < 4.78 is 4.89. The van der Waals surface area contributed by atoms with E-state index in [2.05, 4.69) is 11.8 Å². The van der Waals surface area contributed by atoms with E-state index in [1.165, 1.54) is 0 Å². The van der Waals surface area contributed by atoms with Gasteiger partial charge in [0.25, 0.3) is 0 Å². The Kier molecular flexibility index (Phi) is 6.44. The van der Waals surface area contributed by atoms with Crippen LogP contribution in [0.3, 0.4) is 0 Å². The number of ether oxygens (including phenoxy) is 1. The lowest BCUT2D eigenvalue weighted by atomic mass is 10.2. The molecule has 1 rings (SSSR count). The van der Waals surface area contributed by atoms with E-state index < -0.39 is 0 Å². The smallest absolute Gasteiger partial charge is 0.224 e. The van der Waals surface area contributed by atoms with E-state index in [4.69, 9.17) is 10.5 Å². The lowest BCUT2D eigenvalue weighted by molar-refractivity contribution is -0.131. The van der Waals surface area contributed by atoms with E-state index in [0.717, 1.165) is 10.4 Å². The van der Waals surface area contributed by atoms with E-state index in [-0.39, 0.29) is 5.91 Å². The minimum atomic E-state index is 0.0812. The Morgan fingerprint density at radius 2 is 2.39 bits per heavy atom. The van der Waals surface area contributed by atoms with Crippen LogP contribution < -0.4 is 5.73 Å². The van der Waals surface area contributed by atoms with Crippen LogP contribution in [0.5, 0.6) is 0 Å². The number of thiophene rings is 1. The van der Waals surface area contributed by atoms with Gasteiger partial charge in [0, 0.05) is 20.7 Å². The van der Waals surface area contributed by atoms with Gasteiger partial charge in [-0.3, -0.25) is 4.79 Å². The summed E-state index contributed by atoms with van der Waals surface area (Å²) in [5.74, 6) is 5.88. The van der Waals surface area contributed by atoms with Crippen molar-refractivity contribution in [3.8, 4) is 11.8 Å². The first-order valence-electron chi connectivity index (χ1n) is 5.66. The van der Waals surface area contributed by atoms with Gasteiger partial charge in [0.05, 0.1) is 24.4 Å². The third-order valence-electron chi connectivity index (χ3n) is 2.33. The molecular weight excluding hydrogens is 248 g/mol. The molecule has 0 saturated carbocycles. The van der Waals surface area contributed by atoms with Crippen molar-refractivity contribution < 1.29 is 9.53 Å². The number of hydrogen-bond donors (Lipinski definition) is 1. The fourth-order valence-corrected chi connectivity index (χ4v) is 2.18. The summed E-state index contributed by atoms with van der Waals surface area (Å²) in [6.45, 7) is 1.42. The highest BCUT2D eigenvalue weighted by molar-refractivity contribution is 7.10. The third kappa shape index (κ3) is 4.88. The summed E-state index contributed by atoms with van der Waals surface area (Å²) in [5.41, 5.74) is 6.41. The molecule has 0 atom stereocenters. The molecule has 0 fully saturated rings. The maximum atomic E-state index is 11.7. The van der Waals surface area contributed by atoms with Gasteiger partial charge in [-0.25, -0.2) is 0 Å². The number of nitrogens with two attached hydrogens (primary N) is 1. The predicted octanol–water partition coefficient (Wildman–Crippen LogP) is 1.05. The fraction of sp³-hybridized carbons (Fsp3) is 0.462. The average Bonchev–Trinajstić information content (AvgIpc) is 2.80. The molecule has 0 aliphatic carbocycles. The number of nitrogens with zero attached hydrogens (tertiary/aromatic N) is 1. The summed E-state index contributed by atoms with van der Waals surface area (Å²) in [6, 6.07) is 1.99. The lowest BCUT2D eigenvalue weighted by Gasteiger charge is -2.15. The van der Waals surface area contributed by atoms with E-state index in [0.29, 0.717) is 26.1 Å². The summed E-state index contributed by atoms with van der Waals surface area (Å²) in [4.78, 5) is 14.4. The fourth-order valence-electron chi connectivity index (χ4n) is 1.40. The zero-order valence-electron chi connectivity index (χ0n) is 10.7. The van der Waals surface area contributed by atoms with Gasteiger partial charge in [0.2, 0.25) is 5.91 Å². The molecule has 1 amide bonds. The van der Waals surface area contributed by atoms with Crippen LogP contribution in [0.4, 0.5) is 0 Å². The predicted molar refractivity (Wildman–Crippen MR) is 73.2 cm³/mol. The first-order chi connectivity index (χ1) is 8.67. The molecule has 0 aromatic carbocycles. The Labute approximate surface area is 112 Å². The van der Waals surface area contributed by atoms with Crippen LogP contribution in [0.25, 0.3) is 0 Å². The van der Waals surface area contributed by atoms with Crippen molar-refractivity contribution in [2.24, 2.45) is 5.73 Å². The van der Waals surface area contributed by atoms with Crippen molar-refractivity contribution in [2.75, 3.05) is 27.3 Å². The summed E-state index contributed by atoms with van der Waals surface area (Å²) in [5, 5.41) is 2.01. The topological polar surface area (TPSA) is 55.6 Å². The highest BCUT2D eigenvalue weighted by Crippen LogP contribution is 2.15. The van der Waals surface area contributed by atoms with Crippen molar-refractivity contribution in [1.29, 1.82) is 0 Å². The van der Waals surface area contributed by atoms with Gasteiger partial charge in [-0.1, -0.05) is 11.8 Å². The van der Waals surface area contributed by atoms with E-state index in [1.807, 2.05) is 11.4 Å². The van der Waals surface area contributed by atoms with E-state index in [9.17, 15) is 4.79 Å². The Morgan fingerprint density at radius 1 is 1.61 bits per heavy atom. The molecular formula is C13H18N2O2S. The molecule has 4 nitrogen and oxygen atoms in total. The van der Waals surface area contributed by atoms with Crippen molar-refractivity contribution in [2.45, 2.75) is 13.0 Å². The second-order valence-electron chi connectivity index (χ2n) is 3.82. The second-order valence-corrected chi connectivity index (χ2v) is 4.73. The normalized spacial score (nSPS) is 9.72. The number of carbonyl (C=O) groups is 1. The molecule has 2 N–H and O–H groups in total. The van der Waals surface area contributed by atoms with Crippen LogP contribution in [-0.4, -0.2) is 38.1 Å². The zero-order chi connectivity index (χ0) is 13.4. The molecule has 0 aliphatic heterocycles. The standard InChI is InChI=1S/C13H18N2O2S/c1-15(13(16)5-7-17-2)9-11-8-12(18-10-11)4-3-6-14/h8,10H,5-7,9,14H2,1-2H3. The minimum Gasteiger partial charge on any atom is -0.384 e. The molecule has 0 radical (unpaired) electrons. The number of amides is 1. The SMILES string of the molecule is COCCC(=O)N(C)Cc1csc(C#CCN)c1. The van der Waals surface area contributed by atoms with E-state index >= 15 is 0 Å². The van der Waals surface area contributed by atoms with Gasteiger partial charge >= 0.3 is 0 Å². The van der Waals surface area contributed by atoms with Gasteiger partial charge in [0.1, 0.15) is 0 Å². The third-order valence-corrected chi connectivity index (χ3v) is 3.23. The number of rotatable bonds is 5. The minimum absolute atomic E-state index is 0.0812. The van der Waals surface area contributed by atoms with Crippen LogP contribution in [0.15, 0.2) is 11.4 Å². The van der Waals surface area contributed by atoms with Crippen LogP contribution in [-0.2, 0) is 16.1 Å². The summed E-state index contributed by atoms with van der Waals surface area (Å²) in [7, 11) is 3.38.